The lowest BCUT2D eigenvalue weighted by atomic mass is 10.0. The number of hydrogen-bond donors (Lipinski definition) is 2. The minimum atomic E-state index is -0.109. The van der Waals surface area contributed by atoms with Crippen LogP contribution in [-0.4, -0.2) is 23.1 Å². The van der Waals surface area contributed by atoms with Crippen molar-refractivity contribution in [3.05, 3.63) is 76.6 Å². The van der Waals surface area contributed by atoms with Crippen molar-refractivity contribution < 1.29 is 19.7 Å². The van der Waals surface area contributed by atoms with Gasteiger partial charge in [0, 0.05) is 23.1 Å². The van der Waals surface area contributed by atoms with Crippen molar-refractivity contribution in [1.29, 1.82) is 0 Å². The van der Waals surface area contributed by atoms with Gasteiger partial charge in [0.2, 0.25) is 0 Å². The van der Waals surface area contributed by atoms with Gasteiger partial charge in [-0.2, -0.15) is 0 Å². The number of carbonyl (C=O) groups excluding carboxylic acids is 1. The highest BCUT2D eigenvalue weighted by molar-refractivity contribution is 6.07. The number of hydrogen-bond acceptors (Lipinski definition) is 4. The molecule has 0 amide bonds. The molecule has 2 aromatic rings. The Morgan fingerprint density at radius 1 is 1.16 bits per heavy atom. The van der Waals surface area contributed by atoms with E-state index in [1.807, 2.05) is 19.1 Å². The van der Waals surface area contributed by atoms with E-state index in [2.05, 4.69) is 0 Å². The van der Waals surface area contributed by atoms with Crippen LogP contribution in [0, 0.1) is 6.92 Å². The lowest BCUT2D eigenvalue weighted by molar-refractivity contribution is 0.104. The Hall–Kier alpha value is -3.01. The lowest BCUT2D eigenvalue weighted by Crippen LogP contribution is -1.97. The summed E-state index contributed by atoms with van der Waals surface area (Å²) in [6, 6.07) is 10.6. The Balaban J connectivity index is 2.32. The van der Waals surface area contributed by atoms with E-state index < -0.39 is 0 Å². The monoisotopic (exact) mass is 338 g/mol. The first-order chi connectivity index (χ1) is 11.9. The molecule has 0 radical (unpaired) electrons. The second-order valence-electron chi connectivity index (χ2n) is 5.80. The summed E-state index contributed by atoms with van der Waals surface area (Å²) in [5.74, 6) is 0.613. The molecule has 0 spiro atoms. The van der Waals surface area contributed by atoms with Gasteiger partial charge in [-0.05, 0) is 44.2 Å². The predicted octanol–water partition coefficient (Wildman–Crippen LogP) is 4.61. The number of carbonyl (C=O) groups is 1. The highest BCUT2D eigenvalue weighted by Gasteiger charge is 2.12. The molecule has 0 unspecified atom stereocenters. The van der Waals surface area contributed by atoms with Gasteiger partial charge in [-0.25, -0.2) is 0 Å². The average molecular weight is 338 g/mol. The summed E-state index contributed by atoms with van der Waals surface area (Å²) in [4.78, 5) is 12.3. The van der Waals surface area contributed by atoms with E-state index in [4.69, 9.17) is 4.74 Å². The molecule has 2 rings (SSSR count). The first kappa shape index (κ1) is 18.3. The van der Waals surface area contributed by atoms with Gasteiger partial charge < -0.3 is 14.9 Å². The molecule has 0 aliphatic heterocycles. The van der Waals surface area contributed by atoms with E-state index in [0.29, 0.717) is 28.9 Å². The van der Waals surface area contributed by atoms with Crippen molar-refractivity contribution in [3.63, 3.8) is 0 Å². The van der Waals surface area contributed by atoms with Gasteiger partial charge in [-0.3, -0.25) is 4.79 Å². The van der Waals surface area contributed by atoms with E-state index in [9.17, 15) is 15.0 Å². The van der Waals surface area contributed by atoms with Crippen molar-refractivity contribution >= 4 is 11.9 Å². The molecule has 0 fully saturated rings. The topological polar surface area (TPSA) is 66.8 Å². The van der Waals surface area contributed by atoms with Crippen LogP contribution in [0.25, 0.3) is 6.08 Å². The highest BCUT2D eigenvalue weighted by atomic mass is 16.5. The zero-order valence-corrected chi connectivity index (χ0v) is 14.6. The number of phenols is 1. The van der Waals surface area contributed by atoms with Gasteiger partial charge in [-0.1, -0.05) is 29.8 Å². The molecule has 0 aliphatic carbocycles. The van der Waals surface area contributed by atoms with E-state index in [1.165, 1.54) is 13.2 Å². The molecule has 4 heteroatoms. The quantitative estimate of drug-likeness (QED) is 0.458. The van der Waals surface area contributed by atoms with E-state index >= 15 is 0 Å². The SMILES string of the molecule is COc1c(/C=C/C(=O)c2ccc(C)cc2)ccc(O)c1C/C=C(\C)O. The van der Waals surface area contributed by atoms with Crippen LogP contribution in [0.5, 0.6) is 11.5 Å². The zero-order valence-electron chi connectivity index (χ0n) is 14.6. The number of allylic oxidation sites excluding steroid dienone is 3. The Morgan fingerprint density at radius 3 is 2.44 bits per heavy atom. The number of aryl methyl sites for hydroxylation is 1. The number of benzene rings is 2. The average Bonchev–Trinajstić information content (AvgIpc) is 2.59. The van der Waals surface area contributed by atoms with Crippen LogP contribution in [0.4, 0.5) is 0 Å². The van der Waals surface area contributed by atoms with Gasteiger partial charge in [-0.15, -0.1) is 0 Å². The van der Waals surface area contributed by atoms with Crippen LogP contribution in [0.1, 0.15) is 34.0 Å². The minimum absolute atomic E-state index is 0.0800. The molecule has 0 heterocycles. The predicted molar refractivity (Wildman–Crippen MR) is 99.3 cm³/mol. The van der Waals surface area contributed by atoms with Crippen LogP contribution < -0.4 is 4.74 Å². The third-order valence-corrected chi connectivity index (χ3v) is 3.82. The van der Waals surface area contributed by atoms with Crippen molar-refractivity contribution in [2.24, 2.45) is 0 Å². The smallest absolute Gasteiger partial charge is 0.185 e. The number of aromatic hydroxyl groups is 1. The number of phenolic OH excluding ortho intramolecular Hbond substituents is 1. The summed E-state index contributed by atoms with van der Waals surface area (Å²) < 4.78 is 5.41. The Kier molecular flexibility index (Phi) is 6.01. The molecule has 0 saturated carbocycles. The molecule has 0 aliphatic rings. The van der Waals surface area contributed by atoms with Crippen LogP contribution in [0.2, 0.25) is 0 Å². The summed E-state index contributed by atoms with van der Waals surface area (Å²) in [6.45, 7) is 3.53. The second kappa shape index (κ2) is 8.20. The second-order valence-corrected chi connectivity index (χ2v) is 5.80. The van der Waals surface area contributed by atoms with Crippen LogP contribution in [-0.2, 0) is 6.42 Å². The van der Waals surface area contributed by atoms with Crippen molar-refractivity contribution in [3.8, 4) is 11.5 Å². The van der Waals surface area contributed by atoms with Crippen LogP contribution >= 0.6 is 0 Å². The Morgan fingerprint density at radius 2 is 1.84 bits per heavy atom. The highest BCUT2D eigenvalue weighted by Crippen LogP contribution is 2.33. The minimum Gasteiger partial charge on any atom is -0.513 e. The van der Waals surface area contributed by atoms with Crippen molar-refractivity contribution in [2.45, 2.75) is 20.3 Å². The maximum Gasteiger partial charge on any atom is 0.185 e. The molecule has 130 valence electrons. The third kappa shape index (κ3) is 4.73. The summed E-state index contributed by atoms with van der Waals surface area (Å²) in [7, 11) is 1.51. The first-order valence-electron chi connectivity index (χ1n) is 7.96. The lowest BCUT2D eigenvalue weighted by Gasteiger charge is -2.12. The molecule has 0 atom stereocenters. The summed E-state index contributed by atoms with van der Waals surface area (Å²) in [5, 5.41) is 19.4. The van der Waals surface area contributed by atoms with E-state index in [1.54, 1.807) is 43.3 Å². The van der Waals surface area contributed by atoms with Gasteiger partial charge in [0.1, 0.15) is 11.5 Å². The zero-order chi connectivity index (χ0) is 18.4. The van der Waals surface area contributed by atoms with Crippen molar-refractivity contribution in [2.75, 3.05) is 7.11 Å². The fraction of sp³-hybridized carbons (Fsp3) is 0.190. The van der Waals surface area contributed by atoms with E-state index in [-0.39, 0.29) is 17.3 Å². The molecule has 2 N–H and O–H groups in total. The van der Waals surface area contributed by atoms with Gasteiger partial charge >= 0.3 is 0 Å². The number of methoxy groups -OCH3 is 1. The van der Waals surface area contributed by atoms with Crippen LogP contribution in [0.3, 0.4) is 0 Å². The third-order valence-electron chi connectivity index (χ3n) is 3.82. The first-order valence-corrected chi connectivity index (χ1v) is 7.96. The number of aliphatic hydroxyl groups is 1. The Bertz CT molecular complexity index is 811. The van der Waals surface area contributed by atoms with Crippen molar-refractivity contribution in [1.82, 2.24) is 0 Å². The number of aliphatic hydroxyl groups excluding tert-OH is 1. The Labute approximate surface area is 147 Å². The normalized spacial score (nSPS) is 11.7. The fourth-order valence-corrected chi connectivity index (χ4v) is 2.43. The van der Waals surface area contributed by atoms with Gasteiger partial charge in [0.05, 0.1) is 12.9 Å². The molecule has 0 aromatic heterocycles. The summed E-state index contributed by atoms with van der Waals surface area (Å²) in [6.07, 6.45) is 5.06. The van der Waals surface area contributed by atoms with Gasteiger partial charge in [0.15, 0.2) is 5.78 Å². The summed E-state index contributed by atoms with van der Waals surface area (Å²) >= 11 is 0. The maximum atomic E-state index is 12.3. The molecule has 4 nitrogen and oxygen atoms in total. The number of rotatable bonds is 6. The summed E-state index contributed by atoms with van der Waals surface area (Å²) in [5.41, 5.74) is 2.94. The number of ketones is 1. The molecule has 0 bridgehead atoms. The molecular weight excluding hydrogens is 316 g/mol. The molecule has 0 saturated heterocycles. The molecule has 25 heavy (non-hydrogen) atoms. The maximum absolute atomic E-state index is 12.3. The molecule has 2 aromatic carbocycles. The van der Waals surface area contributed by atoms with Crippen LogP contribution in [0.15, 0.2) is 54.3 Å². The number of ether oxygens (including phenoxy) is 1. The largest absolute Gasteiger partial charge is 0.513 e. The van der Waals surface area contributed by atoms with Gasteiger partial charge in [0.25, 0.3) is 0 Å². The molecular formula is C21H22O4. The van der Waals surface area contributed by atoms with E-state index in [0.717, 1.165) is 5.56 Å². The standard InChI is InChI=1S/C21H22O4/c1-14-4-7-16(8-5-14)19(23)12-9-17-10-13-20(24)18(21(17)25-3)11-6-15(2)22/h4-10,12-13,22,24H,11H2,1-3H3/b12-9+,15-6+. The fourth-order valence-electron chi connectivity index (χ4n) is 2.43.